The maximum absolute atomic E-state index is 5.91. The number of benzene rings is 1. The predicted octanol–water partition coefficient (Wildman–Crippen LogP) is 2.54. The summed E-state index contributed by atoms with van der Waals surface area (Å²) in [7, 11) is 0. The Bertz CT molecular complexity index is 731. The second kappa shape index (κ2) is 4.63. The third kappa shape index (κ3) is 2.19. The Hall–Kier alpha value is -1.94. The molecule has 0 atom stereocenters. The van der Waals surface area contributed by atoms with Gasteiger partial charge in [-0.1, -0.05) is 26.0 Å². The molecule has 0 bridgehead atoms. The summed E-state index contributed by atoms with van der Waals surface area (Å²) >= 11 is 0. The second-order valence-electron chi connectivity index (χ2n) is 5.27. The van der Waals surface area contributed by atoms with Crippen LogP contribution in [0.2, 0.25) is 0 Å². The predicted molar refractivity (Wildman–Crippen MR) is 75.3 cm³/mol. The van der Waals surface area contributed by atoms with Gasteiger partial charge in [-0.3, -0.25) is 5.32 Å². The molecule has 98 valence electrons. The van der Waals surface area contributed by atoms with Gasteiger partial charge in [-0.25, -0.2) is 4.98 Å². The number of fused-ring (bicyclic) bond motifs is 3. The summed E-state index contributed by atoms with van der Waals surface area (Å²) in [5.41, 5.74) is 2.59. The van der Waals surface area contributed by atoms with Gasteiger partial charge in [0.15, 0.2) is 0 Å². The van der Waals surface area contributed by atoms with Crippen molar-refractivity contribution < 1.29 is 9.73 Å². The van der Waals surface area contributed by atoms with Gasteiger partial charge < -0.3 is 4.42 Å². The number of para-hydroxylation sites is 1. The minimum absolute atomic E-state index is 0.606. The molecule has 0 fully saturated rings. The van der Waals surface area contributed by atoms with Crippen LogP contribution in [0.25, 0.3) is 22.1 Å². The zero-order chi connectivity index (χ0) is 13.4. The Kier molecular flexibility index (Phi) is 2.95. The third-order valence-corrected chi connectivity index (χ3v) is 3.14. The maximum atomic E-state index is 5.91. The van der Waals surface area contributed by atoms with Crippen molar-refractivity contribution >= 4 is 27.9 Å². The van der Waals surface area contributed by atoms with E-state index in [-0.39, 0.29) is 0 Å². The molecule has 0 radical (unpaired) electrons. The third-order valence-electron chi connectivity index (χ3n) is 3.14. The number of rotatable bonds is 3. The number of quaternary nitrogens is 1. The number of nitrogens with two attached hydrogens (primary N) is 1. The molecule has 0 aliphatic rings. The number of aryl methyl sites for hydroxylation is 1. The van der Waals surface area contributed by atoms with Crippen LogP contribution in [0.5, 0.6) is 0 Å². The van der Waals surface area contributed by atoms with Gasteiger partial charge in [0.25, 0.3) is 5.82 Å². The van der Waals surface area contributed by atoms with Crippen molar-refractivity contribution in [3.8, 4) is 0 Å². The lowest BCUT2D eigenvalue weighted by Crippen LogP contribution is -2.79. The summed E-state index contributed by atoms with van der Waals surface area (Å²) < 4.78 is 5.91. The number of furan rings is 1. The average molecular weight is 256 g/mol. The van der Waals surface area contributed by atoms with Crippen LogP contribution in [-0.4, -0.2) is 16.5 Å². The lowest BCUT2D eigenvalue weighted by atomic mass is 10.2. The molecule has 0 saturated carbocycles. The van der Waals surface area contributed by atoms with Crippen LogP contribution in [0, 0.1) is 12.8 Å². The summed E-state index contributed by atoms with van der Waals surface area (Å²) in [4.78, 5) is 9.03. The van der Waals surface area contributed by atoms with Crippen molar-refractivity contribution in [2.24, 2.45) is 5.92 Å². The van der Waals surface area contributed by atoms with E-state index in [1.807, 2.05) is 31.2 Å². The van der Waals surface area contributed by atoms with Gasteiger partial charge in [-0.15, -0.1) is 0 Å². The summed E-state index contributed by atoms with van der Waals surface area (Å²) in [5.74, 6) is 2.30. The average Bonchev–Trinajstić information content (AvgIpc) is 2.75. The van der Waals surface area contributed by atoms with Gasteiger partial charge in [0.05, 0.1) is 6.54 Å². The quantitative estimate of drug-likeness (QED) is 0.783. The fourth-order valence-electron chi connectivity index (χ4n) is 2.21. The Balaban J connectivity index is 2.21. The molecule has 2 N–H and O–H groups in total. The molecule has 3 rings (SSSR count). The molecule has 2 aromatic heterocycles. The molecule has 0 saturated heterocycles. The van der Waals surface area contributed by atoms with Crippen LogP contribution in [-0.2, 0) is 0 Å². The normalized spacial score (nSPS) is 11.8. The molecule has 19 heavy (non-hydrogen) atoms. The fourth-order valence-corrected chi connectivity index (χ4v) is 2.21. The molecule has 0 unspecified atom stereocenters. The van der Waals surface area contributed by atoms with E-state index in [1.54, 1.807) is 0 Å². The van der Waals surface area contributed by atoms with Gasteiger partial charge >= 0.3 is 0 Å². The zero-order valence-corrected chi connectivity index (χ0v) is 11.5. The van der Waals surface area contributed by atoms with Crippen molar-refractivity contribution in [3.05, 3.63) is 30.1 Å². The van der Waals surface area contributed by atoms with Crippen LogP contribution in [0.3, 0.4) is 0 Å². The van der Waals surface area contributed by atoms with Crippen molar-refractivity contribution in [2.45, 2.75) is 20.8 Å². The van der Waals surface area contributed by atoms with E-state index in [1.165, 1.54) is 0 Å². The van der Waals surface area contributed by atoms with E-state index in [9.17, 15) is 0 Å². The minimum atomic E-state index is 0.606. The van der Waals surface area contributed by atoms with Crippen molar-refractivity contribution in [2.75, 3.05) is 6.54 Å². The van der Waals surface area contributed by atoms with E-state index in [4.69, 9.17) is 4.42 Å². The van der Waals surface area contributed by atoms with E-state index >= 15 is 0 Å². The number of hydrogen-bond donors (Lipinski definition) is 1. The summed E-state index contributed by atoms with van der Waals surface area (Å²) in [5, 5.41) is 3.20. The molecule has 2 heterocycles. The topological polar surface area (TPSA) is 55.5 Å². The van der Waals surface area contributed by atoms with Crippen LogP contribution < -0.4 is 5.32 Å². The Morgan fingerprint density at radius 2 is 2.00 bits per heavy atom. The highest BCUT2D eigenvalue weighted by molar-refractivity contribution is 6.04. The lowest BCUT2D eigenvalue weighted by molar-refractivity contribution is -0.579. The number of hydrogen-bond acceptors (Lipinski definition) is 3. The summed E-state index contributed by atoms with van der Waals surface area (Å²) in [6, 6.07) is 7.99. The number of aromatic nitrogens is 2. The minimum Gasteiger partial charge on any atom is -0.446 e. The second-order valence-corrected chi connectivity index (χ2v) is 5.27. The smallest absolute Gasteiger partial charge is 0.272 e. The van der Waals surface area contributed by atoms with E-state index in [0.29, 0.717) is 5.92 Å². The first-order valence-corrected chi connectivity index (χ1v) is 6.64. The van der Waals surface area contributed by atoms with Gasteiger partial charge in [-0.2, -0.15) is 4.98 Å². The molecule has 3 aromatic rings. The molecule has 0 aliphatic heterocycles. The molecular formula is C15H18N3O+. The molecule has 0 amide bonds. The van der Waals surface area contributed by atoms with Crippen LogP contribution in [0.1, 0.15) is 19.7 Å². The van der Waals surface area contributed by atoms with Gasteiger partial charge in [0.1, 0.15) is 16.9 Å². The number of nitrogens with zero attached hydrogens (tertiary/aromatic N) is 2. The highest BCUT2D eigenvalue weighted by atomic mass is 16.3. The Morgan fingerprint density at radius 3 is 2.79 bits per heavy atom. The van der Waals surface area contributed by atoms with Gasteiger partial charge in [0, 0.05) is 11.3 Å². The highest BCUT2D eigenvalue weighted by Crippen LogP contribution is 2.29. The molecule has 4 heteroatoms. The van der Waals surface area contributed by atoms with E-state index < -0.39 is 0 Å². The van der Waals surface area contributed by atoms with Crippen LogP contribution in [0.15, 0.2) is 28.7 Å². The first-order chi connectivity index (χ1) is 9.15. The van der Waals surface area contributed by atoms with E-state index in [2.05, 4.69) is 29.1 Å². The molecular weight excluding hydrogens is 238 g/mol. The van der Waals surface area contributed by atoms with Crippen LogP contribution in [0.4, 0.5) is 5.82 Å². The summed E-state index contributed by atoms with van der Waals surface area (Å²) in [6.45, 7) is 7.30. The largest absolute Gasteiger partial charge is 0.446 e. The maximum Gasteiger partial charge on any atom is 0.272 e. The summed E-state index contributed by atoms with van der Waals surface area (Å²) in [6.07, 6.45) is 0. The lowest BCUT2D eigenvalue weighted by Gasteiger charge is -2.03. The fraction of sp³-hybridized carbons (Fsp3) is 0.333. The van der Waals surface area contributed by atoms with Crippen molar-refractivity contribution in [1.29, 1.82) is 0 Å². The zero-order valence-electron chi connectivity index (χ0n) is 11.5. The van der Waals surface area contributed by atoms with Gasteiger partial charge in [0.2, 0.25) is 5.58 Å². The van der Waals surface area contributed by atoms with Crippen molar-refractivity contribution in [3.63, 3.8) is 0 Å². The monoisotopic (exact) mass is 256 g/mol. The first kappa shape index (κ1) is 12.1. The highest BCUT2D eigenvalue weighted by Gasteiger charge is 2.17. The van der Waals surface area contributed by atoms with Crippen molar-refractivity contribution in [1.82, 2.24) is 9.97 Å². The molecule has 0 spiro atoms. The van der Waals surface area contributed by atoms with E-state index in [0.717, 1.165) is 40.3 Å². The van der Waals surface area contributed by atoms with Crippen LogP contribution >= 0.6 is 0 Å². The van der Waals surface area contributed by atoms with Gasteiger partial charge in [-0.05, 0) is 19.1 Å². The SMILES string of the molecule is Cc1nc([NH2+]CC(C)C)c2oc3ccccc3c2n1. The Labute approximate surface area is 111 Å². The first-order valence-electron chi connectivity index (χ1n) is 6.64. The standard InChI is InChI=1S/C15H17N3O/c1-9(2)8-16-15-14-13(17-10(3)18-15)11-6-4-5-7-12(11)19-14/h4-7,9H,8H2,1-3H3,(H,16,17,18)/p+1. The molecule has 1 aromatic carbocycles. The molecule has 0 aliphatic carbocycles. The molecule has 4 nitrogen and oxygen atoms in total. The Morgan fingerprint density at radius 1 is 1.21 bits per heavy atom.